The number of aryl methyl sites for hydroxylation is 1. The number of nitrogens with zero attached hydrogens (tertiary/aromatic N) is 4. The molecule has 2 N–H and O–H groups in total. The van der Waals surface area contributed by atoms with Crippen LogP contribution in [0.15, 0.2) is 24.8 Å². The lowest BCUT2D eigenvalue weighted by molar-refractivity contribution is 0.0701. The largest absolute Gasteiger partial charge is 0.477 e. The molecule has 0 bridgehead atoms. The van der Waals surface area contributed by atoms with Crippen LogP contribution in [0.5, 0.6) is 0 Å². The van der Waals surface area contributed by atoms with E-state index in [1.807, 2.05) is 16.9 Å². The first kappa shape index (κ1) is 13.5. The van der Waals surface area contributed by atoms with Gasteiger partial charge >= 0.3 is 5.97 Å². The minimum absolute atomic E-state index is 0.306. The topological polar surface area (TPSA) is 92.9 Å². The highest BCUT2D eigenvalue weighted by Gasteiger charge is 2.18. The van der Waals surface area contributed by atoms with Crippen molar-refractivity contribution in [3.8, 4) is 0 Å². The van der Waals surface area contributed by atoms with E-state index in [4.69, 9.17) is 0 Å². The molecule has 0 fully saturated rings. The predicted molar refractivity (Wildman–Crippen MR) is 79.8 cm³/mol. The number of aromatic carboxylic acids is 1. The third-order valence-electron chi connectivity index (χ3n) is 3.11. The van der Waals surface area contributed by atoms with Crippen LogP contribution >= 0.6 is 11.3 Å². The van der Waals surface area contributed by atoms with Crippen LogP contribution in [0, 0.1) is 6.92 Å². The van der Waals surface area contributed by atoms with Gasteiger partial charge in [-0.05, 0) is 18.6 Å². The van der Waals surface area contributed by atoms with Crippen LogP contribution < -0.4 is 5.32 Å². The summed E-state index contributed by atoms with van der Waals surface area (Å²) >= 11 is 1.17. The summed E-state index contributed by atoms with van der Waals surface area (Å²) in [6, 6.07) is 1.87. The summed E-state index contributed by atoms with van der Waals surface area (Å²) in [6.07, 6.45) is 5.06. The molecule has 0 unspecified atom stereocenters. The summed E-state index contributed by atoms with van der Waals surface area (Å²) in [5.41, 5.74) is 0.699. The Bertz CT molecular complexity index is 781. The second-order valence-electron chi connectivity index (χ2n) is 4.46. The van der Waals surface area contributed by atoms with Crippen LogP contribution in [0.1, 0.15) is 15.2 Å². The zero-order chi connectivity index (χ0) is 14.8. The zero-order valence-electron chi connectivity index (χ0n) is 11.3. The van der Waals surface area contributed by atoms with Crippen LogP contribution in [0.3, 0.4) is 0 Å². The number of carboxylic acid groups (broad SMARTS) is 1. The van der Waals surface area contributed by atoms with Gasteiger partial charge in [-0.25, -0.2) is 14.8 Å². The van der Waals surface area contributed by atoms with Crippen molar-refractivity contribution in [3.63, 3.8) is 0 Å². The van der Waals surface area contributed by atoms with E-state index < -0.39 is 5.97 Å². The average molecular weight is 303 g/mol. The first-order valence-corrected chi connectivity index (χ1v) is 7.17. The quantitative estimate of drug-likeness (QED) is 0.749. The normalized spacial score (nSPS) is 10.9. The number of carbonyl (C=O) groups is 1. The Hall–Kier alpha value is -2.48. The summed E-state index contributed by atoms with van der Waals surface area (Å²) in [5, 5.41) is 17.3. The summed E-state index contributed by atoms with van der Waals surface area (Å²) < 4.78 is 1.81. The minimum atomic E-state index is -0.932. The maximum atomic E-state index is 11.2. The van der Waals surface area contributed by atoms with Crippen molar-refractivity contribution < 1.29 is 9.90 Å². The van der Waals surface area contributed by atoms with Crippen LogP contribution in [-0.2, 0) is 6.54 Å². The smallest absolute Gasteiger partial charge is 0.346 e. The van der Waals surface area contributed by atoms with Crippen molar-refractivity contribution >= 4 is 33.3 Å². The molecule has 0 aromatic carbocycles. The molecule has 3 aromatic heterocycles. The second-order valence-corrected chi connectivity index (χ2v) is 5.46. The van der Waals surface area contributed by atoms with Gasteiger partial charge in [0.2, 0.25) is 0 Å². The van der Waals surface area contributed by atoms with Crippen molar-refractivity contribution in [2.24, 2.45) is 0 Å². The van der Waals surface area contributed by atoms with Crippen molar-refractivity contribution in [2.45, 2.75) is 13.5 Å². The molecule has 21 heavy (non-hydrogen) atoms. The number of anilines is 1. The van der Waals surface area contributed by atoms with Crippen molar-refractivity contribution in [2.75, 3.05) is 11.9 Å². The molecule has 0 aliphatic carbocycles. The van der Waals surface area contributed by atoms with Gasteiger partial charge in [0.15, 0.2) is 0 Å². The highest BCUT2D eigenvalue weighted by Crippen LogP contribution is 2.32. The first-order valence-electron chi connectivity index (χ1n) is 6.35. The van der Waals surface area contributed by atoms with Crippen LogP contribution in [0.25, 0.3) is 10.2 Å². The summed E-state index contributed by atoms with van der Waals surface area (Å²) in [6.45, 7) is 3.13. The number of hydrogen-bond acceptors (Lipinski definition) is 6. The van der Waals surface area contributed by atoms with E-state index in [2.05, 4.69) is 20.4 Å². The molecule has 7 nitrogen and oxygen atoms in total. The standard InChI is InChI=1S/C13H13N5O2S/c1-8-9-11(14-4-6-18-5-2-3-17-18)15-7-16-12(9)21-10(8)13(19)20/h2-3,5,7H,4,6H2,1H3,(H,19,20)(H,14,15,16). The lowest BCUT2D eigenvalue weighted by atomic mass is 10.2. The van der Waals surface area contributed by atoms with E-state index in [9.17, 15) is 9.90 Å². The molecule has 0 atom stereocenters. The van der Waals surface area contributed by atoms with E-state index in [0.717, 1.165) is 5.39 Å². The molecule has 0 saturated heterocycles. The first-order chi connectivity index (χ1) is 10.2. The Balaban J connectivity index is 1.86. The van der Waals surface area contributed by atoms with Gasteiger partial charge in [0.1, 0.15) is 21.9 Å². The maximum Gasteiger partial charge on any atom is 0.346 e. The molecule has 3 aromatic rings. The van der Waals surface area contributed by atoms with Gasteiger partial charge in [-0.1, -0.05) is 0 Å². The Kier molecular flexibility index (Phi) is 3.53. The molecule has 0 amide bonds. The molecule has 0 aliphatic heterocycles. The Morgan fingerprint density at radius 1 is 1.48 bits per heavy atom. The summed E-state index contributed by atoms with van der Waals surface area (Å²) in [7, 11) is 0. The van der Waals surface area contributed by atoms with E-state index in [1.54, 1.807) is 13.1 Å². The molecular weight excluding hydrogens is 290 g/mol. The fourth-order valence-electron chi connectivity index (χ4n) is 2.13. The molecule has 0 saturated carbocycles. The van der Waals surface area contributed by atoms with Crippen molar-refractivity contribution in [1.82, 2.24) is 19.7 Å². The average Bonchev–Trinajstić information content (AvgIpc) is 3.07. The fourth-order valence-corrected chi connectivity index (χ4v) is 3.12. The third-order valence-corrected chi connectivity index (χ3v) is 4.30. The van der Waals surface area contributed by atoms with Crippen molar-refractivity contribution in [1.29, 1.82) is 0 Å². The molecule has 0 spiro atoms. The van der Waals surface area contributed by atoms with Gasteiger partial charge in [0.05, 0.1) is 11.9 Å². The number of hydrogen-bond donors (Lipinski definition) is 2. The van der Waals surface area contributed by atoms with E-state index in [1.165, 1.54) is 17.7 Å². The zero-order valence-corrected chi connectivity index (χ0v) is 12.1. The number of nitrogens with one attached hydrogen (secondary N) is 1. The lowest BCUT2D eigenvalue weighted by Gasteiger charge is -2.07. The van der Waals surface area contributed by atoms with Crippen LogP contribution in [-0.4, -0.2) is 37.4 Å². The number of fused-ring (bicyclic) bond motifs is 1. The van der Waals surface area contributed by atoms with E-state index >= 15 is 0 Å². The van der Waals surface area contributed by atoms with Gasteiger partial charge in [-0.15, -0.1) is 11.3 Å². The summed E-state index contributed by atoms with van der Waals surface area (Å²) in [5.74, 6) is -0.272. The number of rotatable bonds is 5. The highest BCUT2D eigenvalue weighted by molar-refractivity contribution is 7.20. The molecule has 0 radical (unpaired) electrons. The van der Waals surface area contributed by atoms with E-state index in [-0.39, 0.29) is 0 Å². The van der Waals surface area contributed by atoms with Crippen LogP contribution in [0.4, 0.5) is 5.82 Å². The molecular formula is C13H13N5O2S. The lowest BCUT2D eigenvalue weighted by Crippen LogP contribution is -2.12. The maximum absolute atomic E-state index is 11.2. The highest BCUT2D eigenvalue weighted by atomic mass is 32.1. The molecule has 108 valence electrons. The SMILES string of the molecule is Cc1c(C(=O)O)sc2ncnc(NCCn3cccn3)c12. The number of carboxylic acids is 1. The van der Waals surface area contributed by atoms with Gasteiger partial charge in [-0.3, -0.25) is 4.68 Å². The summed E-state index contributed by atoms with van der Waals surface area (Å²) in [4.78, 5) is 20.6. The van der Waals surface area contributed by atoms with Gasteiger partial charge in [-0.2, -0.15) is 5.10 Å². The Morgan fingerprint density at radius 2 is 2.33 bits per heavy atom. The predicted octanol–water partition coefficient (Wildman–Crippen LogP) is 2.01. The van der Waals surface area contributed by atoms with Gasteiger partial charge in [0.25, 0.3) is 0 Å². The minimum Gasteiger partial charge on any atom is -0.477 e. The molecule has 8 heteroatoms. The fraction of sp³-hybridized carbons (Fsp3) is 0.231. The number of thiophene rings is 1. The third kappa shape index (κ3) is 2.57. The van der Waals surface area contributed by atoms with Crippen LogP contribution in [0.2, 0.25) is 0 Å². The van der Waals surface area contributed by atoms with E-state index in [0.29, 0.717) is 34.2 Å². The second kappa shape index (κ2) is 5.49. The van der Waals surface area contributed by atoms with Gasteiger partial charge in [0, 0.05) is 18.9 Å². The van der Waals surface area contributed by atoms with Gasteiger partial charge < -0.3 is 10.4 Å². The molecule has 3 heterocycles. The Morgan fingerprint density at radius 3 is 3.05 bits per heavy atom. The molecule has 0 aliphatic rings. The Labute approximate surface area is 124 Å². The van der Waals surface area contributed by atoms with Crippen molar-refractivity contribution in [3.05, 3.63) is 35.2 Å². The monoisotopic (exact) mass is 303 g/mol. The molecule has 3 rings (SSSR count). The number of aromatic nitrogens is 4.